The Hall–Kier alpha value is -2.00. The summed E-state index contributed by atoms with van der Waals surface area (Å²) in [7, 11) is -2.13. The lowest BCUT2D eigenvalue weighted by molar-refractivity contribution is -0.140. The average Bonchev–Trinajstić information content (AvgIpc) is 2.76. The van der Waals surface area contributed by atoms with Crippen LogP contribution in [-0.2, 0) is 26.2 Å². The van der Waals surface area contributed by atoms with Gasteiger partial charge in [-0.3, -0.25) is 13.9 Å². The Morgan fingerprint density at radius 2 is 1.71 bits per heavy atom. The largest absolute Gasteiger partial charge is 0.357 e. The Kier molecular flexibility index (Phi) is 10.1. The molecule has 2 aromatic rings. The molecule has 0 unspecified atom stereocenters. The zero-order valence-electron chi connectivity index (χ0n) is 19.4. The highest BCUT2D eigenvalue weighted by molar-refractivity contribution is 7.92. The predicted molar refractivity (Wildman–Crippen MR) is 138 cm³/mol. The number of nitrogens with zero attached hydrogens (tertiary/aromatic N) is 2. The topological polar surface area (TPSA) is 86.8 Å². The zero-order valence-corrected chi connectivity index (χ0v) is 22.5. The molecule has 0 spiro atoms. The summed E-state index contributed by atoms with van der Waals surface area (Å²) >= 11 is 18.6. The average molecular weight is 549 g/mol. The van der Waals surface area contributed by atoms with Gasteiger partial charge in [-0.1, -0.05) is 46.9 Å². The van der Waals surface area contributed by atoms with Crippen molar-refractivity contribution < 1.29 is 18.0 Å². The van der Waals surface area contributed by atoms with Crippen molar-refractivity contribution in [2.45, 2.75) is 39.3 Å². The number of carbonyl (C=O) groups is 2. The van der Waals surface area contributed by atoms with Gasteiger partial charge in [0.15, 0.2) is 0 Å². The number of sulfonamides is 1. The van der Waals surface area contributed by atoms with E-state index in [0.29, 0.717) is 26.3 Å². The summed E-state index contributed by atoms with van der Waals surface area (Å²) in [6, 6.07) is 9.23. The number of likely N-dealkylation sites (N-methyl/N-ethyl adjacent to an activating group) is 1. The summed E-state index contributed by atoms with van der Waals surface area (Å²) in [5, 5.41) is 3.72. The highest BCUT2D eigenvalue weighted by Gasteiger charge is 2.27. The third-order valence-electron chi connectivity index (χ3n) is 5.40. The highest BCUT2D eigenvalue weighted by atomic mass is 35.5. The van der Waals surface area contributed by atoms with Crippen LogP contribution in [0, 0.1) is 6.92 Å². The lowest BCUT2D eigenvalue weighted by Crippen LogP contribution is -2.47. The van der Waals surface area contributed by atoms with Crippen LogP contribution in [0.25, 0.3) is 0 Å². The van der Waals surface area contributed by atoms with Gasteiger partial charge < -0.3 is 10.2 Å². The van der Waals surface area contributed by atoms with Crippen LogP contribution in [0.5, 0.6) is 0 Å². The van der Waals surface area contributed by atoms with E-state index in [2.05, 4.69) is 5.32 Å². The third-order valence-corrected chi connectivity index (χ3v) is 7.52. The lowest BCUT2D eigenvalue weighted by Gasteiger charge is -2.30. The minimum atomic E-state index is -3.62. The van der Waals surface area contributed by atoms with Crippen LogP contribution >= 0.6 is 34.8 Å². The number of aryl methyl sites for hydroxylation is 1. The van der Waals surface area contributed by atoms with E-state index in [1.165, 1.54) is 16.3 Å². The van der Waals surface area contributed by atoms with E-state index in [1.54, 1.807) is 50.2 Å². The van der Waals surface area contributed by atoms with E-state index in [4.69, 9.17) is 34.8 Å². The molecular weight excluding hydrogens is 521 g/mol. The minimum absolute atomic E-state index is 0.00897. The van der Waals surface area contributed by atoms with Gasteiger partial charge in [0.25, 0.3) is 0 Å². The number of rotatable bonds is 10. The molecule has 1 atom stereocenters. The molecule has 0 aromatic heterocycles. The molecule has 0 fully saturated rings. The second kappa shape index (κ2) is 12.1. The Morgan fingerprint density at radius 1 is 1.09 bits per heavy atom. The van der Waals surface area contributed by atoms with E-state index in [0.717, 1.165) is 11.8 Å². The van der Waals surface area contributed by atoms with Gasteiger partial charge in [-0.15, -0.1) is 0 Å². The fraction of sp³-hybridized carbons (Fsp3) is 0.391. The molecule has 0 bridgehead atoms. The van der Waals surface area contributed by atoms with Gasteiger partial charge in [-0.05, 0) is 50.1 Å². The summed E-state index contributed by atoms with van der Waals surface area (Å²) in [4.78, 5) is 26.9. The Balaban J connectivity index is 2.23. The second-order valence-corrected chi connectivity index (χ2v) is 11.0. The van der Waals surface area contributed by atoms with Crippen molar-refractivity contribution in [2.75, 3.05) is 24.2 Å². The predicted octanol–water partition coefficient (Wildman–Crippen LogP) is 4.66. The first kappa shape index (κ1) is 28.2. The molecule has 0 heterocycles. The molecule has 2 aromatic carbocycles. The van der Waals surface area contributed by atoms with Crippen LogP contribution in [0.2, 0.25) is 15.1 Å². The molecule has 1 N–H and O–H groups in total. The summed E-state index contributed by atoms with van der Waals surface area (Å²) in [6.45, 7) is 3.50. The summed E-state index contributed by atoms with van der Waals surface area (Å²) in [6.07, 6.45) is 1.34. The molecule has 2 rings (SSSR count). The van der Waals surface area contributed by atoms with Crippen molar-refractivity contribution in [1.82, 2.24) is 10.2 Å². The van der Waals surface area contributed by atoms with Gasteiger partial charge in [0.2, 0.25) is 21.8 Å². The summed E-state index contributed by atoms with van der Waals surface area (Å²) in [5.74, 6) is -0.674. The molecule has 7 nitrogen and oxygen atoms in total. The maximum atomic E-state index is 13.2. The zero-order chi connectivity index (χ0) is 25.6. The molecule has 186 valence electrons. The fourth-order valence-electron chi connectivity index (χ4n) is 3.48. The number of amides is 2. The molecule has 0 aliphatic heterocycles. The number of nitrogens with one attached hydrogen (secondary N) is 1. The van der Waals surface area contributed by atoms with Crippen LogP contribution in [0.3, 0.4) is 0 Å². The van der Waals surface area contributed by atoms with E-state index in [1.807, 2.05) is 0 Å². The lowest BCUT2D eigenvalue weighted by atomic mass is 10.1. The first-order chi connectivity index (χ1) is 15.9. The van der Waals surface area contributed by atoms with Gasteiger partial charge in [0.1, 0.15) is 6.04 Å². The van der Waals surface area contributed by atoms with Crippen LogP contribution in [-0.4, -0.2) is 51.0 Å². The van der Waals surface area contributed by atoms with Crippen LogP contribution < -0.4 is 9.62 Å². The van der Waals surface area contributed by atoms with E-state index in [-0.39, 0.29) is 37.7 Å². The Bertz CT molecular complexity index is 1140. The van der Waals surface area contributed by atoms with Crippen molar-refractivity contribution in [3.05, 3.63) is 62.6 Å². The number of benzene rings is 2. The molecule has 0 saturated heterocycles. The first-order valence-electron chi connectivity index (χ1n) is 10.5. The van der Waals surface area contributed by atoms with Crippen molar-refractivity contribution in [3.63, 3.8) is 0 Å². The van der Waals surface area contributed by atoms with Gasteiger partial charge in [-0.25, -0.2) is 8.42 Å². The maximum Gasteiger partial charge on any atom is 0.242 e. The number of hydrogen-bond donors (Lipinski definition) is 1. The molecule has 0 saturated carbocycles. The van der Waals surface area contributed by atoms with E-state index >= 15 is 0 Å². The number of halogens is 3. The van der Waals surface area contributed by atoms with Gasteiger partial charge >= 0.3 is 0 Å². The van der Waals surface area contributed by atoms with Crippen molar-refractivity contribution in [2.24, 2.45) is 0 Å². The molecule has 11 heteroatoms. The van der Waals surface area contributed by atoms with Gasteiger partial charge in [-0.2, -0.15) is 0 Å². The standard InChI is InChI=1S/C23H28Cl3N3O4S/c1-15-10-11-17(24)13-21(15)29(34(4,32)33)12-6-9-22(30)28(16(2)23(31)27-3)14-18-19(25)7-5-8-20(18)26/h5,7-8,10-11,13,16H,6,9,12,14H2,1-4H3,(H,27,31)/t16-/m1/s1. The molecule has 0 radical (unpaired) electrons. The molecule has 34 heavy (non-hydrogen) atoms. The number of anilines is 1. The van der Waals surface area contributed by atoms with Crippen LogP contribution in [0.15, 0.2) is 36.4 Å². The molecular formula is C23H28Cl3N3O4S. The van der Waals surface area contributed by atoms with Gasteiger partial charge in [0, 0.05) is 47.2 Å². The fourth-order valence-corrected chi connectivity index (χ4v) is 5.18. The summed E-state index contributed by atoms with van der Waals surface area (Å²) < 4.78 is 26.2. The monoisotopic (exact) mass is 547 g/mol. The number of carbonyl (C=O) groups excluding carboxylic acids is 2. The smallest absolute Gasteiger partial charge is 0.242 e. The van der Waals surface area contributed by atoms with E-state index in [9.17, 15) is 18.0 Å². The third kappa shape index (κ3) is 7.25. The highest BCUT2D eigenvalue weighted by Crippen LogP contribution is 2.28. The maximum absolute atomic E-state index is 13.2. The minimum Gasteiger partial charge on any atom is -0.357 e. The molecule has 0 aliphatic carbocycles. The quantitative estimate of drug-likeness (QED) is 0.468. The normalized spacial score (nSPS) is 12.2. The second-order valence-electron chi connectivity index (χ2n) is 7.88. The molecule has 2 amide bonds. The summed E-state index contributed by atoms with van der Waals surface area (Å²) in [5.41, 5.74) is 1.73. The van der Waals surface area contributed by atoms with E-state index < -0.39 is 16.1 Å². The first-order valence-corrected chi connectivity index (χ1v) is 13.5. The Morgan fingerprint density at radius 3 is 2.26 bits per heavy atom. The van der Waals surface area contributed by atoms with Crippen molar-refractivity contribution >= 4 is 62.3 Å². The molecule has 0 aliphatic rings. The SMILES string of the molecule is CNC(=O)[C@@H](C)N(Cc1c(Cl)cccc1Cl)C(=O)CCCN(c1cc(Cl)ccc1C)S(C)(=O)=O. The van der Waals surface area contributed by atoms with Crippen LogP contribution in [0.4, 0.5) is 5.69 Å². The number of hydrogen-bond acceptors (Lipinski definition) is 4. The van der Waals surface area contributed by atoms with Gasteiger partial charge in [0.05, 0.1) is 11.9 Å². The van der Waals surface area contributed by atoms with Crippen LogP contribution in [0.1, 0.15) is 30.9 Å². The van der Waals surface area contributed by atoms with Crippen molar-refractivity contribution in [3.8, 4) is 0 Å². The Labute approximate surface area is 216 Å². The van der Waals surface area contributed by atoms with Crippen molar-refractivity contribution in [1.29, 1.82) is 0 Å².